The highest BCUT2D eigenvalue weighted by Gasteiger charge is 2.47. The fourth-order valence-electron chi connectivity index (χ4n) is 5.30. The van der Waals surface area contributed by atoms with Crippen LogP contribution in [0.3, 0.4) is 0 Å². The molecule has 2 aliphatic rings. The number of ketones is 1. The number of Topliss-reactive ketones (excluding diaryl/α,β-unsaturated/α-hetero) is 1. The number of piperidine rings is 1. The van der Waals surface area contributed by atoms with E-state index in [1.807, 2.05) is 0 Å². The van der Waals surface area contributed by atoms with Crippen LogP contribution in [0.1, 0.15) is 29.3 Å². The normalized spacial score (nSPS) is 25.0. The van der Waals surface area contributed by atoms with Crippen LogP contribution in [0.25, 0.3) is 10.9 Å². The lowest BCUT2D eigenvalue weighted by atomic mass is 9.75. The Morgan fingerprint density at radius 3 is 2.56 bits per heavy atom. The molecule has 3 heterocycles. The van der Waals surface area contributed by atoms with Crippen LogP contribution in [0, 0.1) is 5.92 Å². The summed E-state index contributed by atoms with van der Waals surface area (Å²) >= 11 is 0. The van der Waals surface area contributed by atoms with Crippen molar-refractivity contribution in [3.05, 3.63) is 71.4 Å². The number of hydrogen-bond acceptors (Lipinski definition) is 3. The molecule has 138 valence electrons. The van der Waals surface area contributed by atoms with Crippen LogP contribution in [0.4, 0.5) is 0 Å². The molecule has 0 spiro atoms. The van der Waals surface area contributed by atoms with Crippen molar-refractivity contribution < 1.29 is 4.79 Å². The molecule has 3 aromatic rings. The second-order valence-corrected chi connectivity index (χ2v) is 7.90. The van der Waals surface area contributed by atoms with E-state index in [4.69, 9.17) is 5.73 Å². The van der Waals surface area contributed by atoms with Crippen molar-refractivity contribution in [2.75, 3.05) is 6.54 Å². The Morgan fingerprint density at radius 2 is 1.78 bits per heavy atom. The fraction of sp³-hybridized carbons (Fsp3) is 0.348. The van der Waals surface area contributed by atoms with Crippen molar-refractivity contribution in [1.29, 1.82) is 0 Å². The Hall–Kier alpha value is -2.43. The van der Waals surface area contributed by atoms with Crippen LogP contribution in [0.2, 0.25) is 0 Å². The van der Waals surface area contributed by atoms with Gasteiger partial charge in [0.25, 0.3) is 0 Å². The number of benzene rings is 2. The molecule has 0 aliphatic carbocycles. The SMILES string of the molecule is Cn1c2c(c3ccccc31)C[C@H]1[C@@H](CN)C(=O)C[C@@H]2N1Cc1ccccc1. The van der Waals surface area contributed by atoms with Gasteiger partial charge in [-0.1, -0.05) is 48.5 Å². The van der Waals surface area contributed by atoms with Gasteiger partial charge in [0, 0.05) is 55.1 Å². The standard InChI is InChI=1S/C23H25N3O/c1-25-19-10-6-5-9-16(19)17-11-20-18(13-24)22(27)12-21(23(17)25)26(20)14-15-7-3-2-4-8-15/h2-10,18,20-21H,11-14,24H2,1H3/t18-,20+,21+/m1/s1. The van der Waals surface area contributed by atoms with E-state index in [2.05, 4.69) is 71.1 Å². The lowest BCUT2D eigenvalue weighted by molar-refractivity contribution is -0.133. The Labute approximate surface area is 159 Å². The van der Waals surface area contributed by atoms with Gasteiger partial charge in [0.1, 0.15) is 5.78 Å². The second kappa shape index (κ2) is 6.32. The number of carbonyl (C=O) groups is 1. The molecule has 1 fully saturated rings. The zero-order chi connectivity index (χ0) is 18.5. The third-order valence-corrected chi connectivity index (χ3v) is 6.55. The molecule has 5 rings (SSSR count). The minimum Gasteiger partial charge on any atom is -0.346 e. The van der Waals surface area contributed by atoms with Crippen molar-refractivity contribution in [2.24, 2.45) is 18.7 Å². The summed E-state index contributed by atoms with van der Waals surface area (Å²) in [5.41, 5.74) is 11.3. The van der Waals surface area contributed by atoms with E-state index in [9.17, 15) is 4.79 Å². The first-order chi connectivity index (χ1) is 13.2. The van der Waals surface area contributed by atoms with Gasteiger partial charge in [-0.05, 0) is 23.6 Å². The summed E-state index contributed by atoms with van der Waals surface area (Å²) < 4.78 is 2.31. The number of rotatable bonds is 3. The average Bonchev–Trinajstić information content (AvgIpc) is 2.97. The Bertz CT molecular complexity index is 1010. The summed E-state index contributed by atoms with van der Waals surface area (Å²) in [7, 11) is 2.14. The summed E-state index contributed by atoms with van der Waals surface area (Å²) in [4.78, 5) is 15.4. The van der Waals surface area contributed by atoms with Crippen LogP contribution in [0.5, 0.6) is 0 Å². The molecule has 4 heteroatoms. The quantitative estimate of drug-likeness (QED) is 0.781. The minimum absolute atomic E-state index is 0.0721. The maximum absolute atomic E-state index is 12.9. The number of hydrogen-bond donors (Lipinski definition) is 1. The number of carbonyl (C=O) groups excluding carboxylic acids is 1. The highest BCUT2D eigenvalue weighted by molar-refractivity contribution is 5.89. The molecule has 2 N–H and O–H groups in total. The number of aryl methyl sites for hydroxylation is 1. The van der Waals surface area contributed by atoms with Gasteiger partial charge in [-0.2, -0.15) is 0 Å². The third-order valence-electron chi connectivity index (χ3n) is 6.55. The molecule has 1 aromatic heterocycles. The fourth-order valence-corrected chi connectivity index (χ4v) is 5.30. The van der Waals surface area contributed by atoms with Gasteiger partial charge in [0.2, 0.25) is 0 Å². The topological polar surface area (TPSA) is 51.3 Å². The zero-order valence-corrected chi connectivity index (χ0v) is 15.6. The largest absolute Gasteiger partial charge is 0.346 e. The molecule has 2 aromatic carbocycles. The van der Waals surface area contributed by atoms with Gasteiger partial charge in [-0.15, -0.1) is 0 Å². The van der Waals surface area contributed by atoms with Gasteiger partial charge in [0.15, 0.2) is 0 Å². The molecule has 1 saturated heterocycles. The van der Waals surface area contributed by atoms with Gasteiger partial charge < -0.3 is 10.3 Å². The Kier molecular flexibility index (Phi) is 3.92. The van der Waals surface area contributed by atoms with Crippen molar-refractivity contribution in [1.82, 2.24) is 9.47 Å². The summed E-state index contributed by atoms with van der Waals surface area (Å²) in [6, 6.07) is 19.5. The second-order valence-electron chi connectivity index (χ2n) is 7.90. The van der Waals surface area contributed by atoms with E-state index in [0.717, 1.165) is 13.0 Å². The molecule has 2 aliphatic heterocycles. The molecule has 0 unspecified atom stereocenters. The van der Waals surface area contributed by atoms with E-state index < -0.39 is 0 Å². The first kappa shape index (κ1) is 16.7. The van der Waals surface area contributed by atoms with Crippen molar-refractivity contribution in [3.63, 3.8) is 0 Å². The molecule has 0 saturated carbocycles. The van der Waals surface area contributed by atoms with E-state index >= 15 is 0 Å². The number of nitrogens with zero attached hydrogens (tertiary/aromatic N) is 2. The molecule has 4 nitrogen and oxygen atoms in total. The molecule has 0 radical (unpaired) electrons. The highest BCUT2D eigenvalue weighted by Crippen LogP contribution is 2.46. The van der Waals surface area contributed by atoms with Crippen molar-refractivity contribution in [3.8, 4) is 0 Å². The first-order valence-corrected chi connectivity index (χ1v) is 9.77. The molecule has 2 bridgehead atoms. The minimum atomic E-state index is -0.0721. The molecular formula is C23H25N3O. The Balaban J connectivity index is 1.66. The average molecular weight is 359 g/mol. The van der Waals surface area contributed by atoms with Gasteiger partial charge in [0.05, 0.1) is 6.04 Å². The van der Waals surface area contributed by atoms with Crippen LogP contribution < -0.4 is 5.73 Å². The predicted octanol–water partition coefficient (Wildman–Crippen LogP) is 3.19. The highest BCUT2D eigenvalue weighted by atomic mass is 16.1. The number of aromatic nitrogens is 1. The van der Waals surface area contributed by atoms with E-state index in [0.29, 0.717) is 18.7 Å². The molecule has 0 amide bonds. The first-order valence-electron chi connectivity index (χ1n) is 9.77. The maximum atomic E-state index is 12.9. The smallest absolute Gasteiger partial charge is 0.140 e. The lowest BCUT2D eigenvalue weighted by Crippen LogP contribution is -2.56. The summed E-state index contributed by atoms with van der Waals surface area (Å²) in [6.07, 6.45) is 1.45. The molecule has 27 heavy (non-hydrogen) atoms. The van der Waals surface area contributed by atoms with Gasteiger partial charge in [-0.25, -0.2) is 0 Å². The van der Waals surface area contributed by atoms with Crippen LogP contribution in [-0.4, -0.2) is 27.8 Å². The third kappa shape index (κ3) is 2.47. The lowest BCUT2D eigenvalue weighted by Gasteiger charge is -2.49. The van der Waals surface area contributed by atoms with Crippen LogP contribution >= 0.6 is 0 Å². The van der Waals surface area contributed by atoms with E-state index in [1.54, 1.807) is 0 Å². The van der Waals surface area contributed by atoms with E-state index in [-0.39, 0.29) is 18.0 Å². The van der Waals surface area contributed by atoms with Crippen LogP contribution in [-0.2, 0) is 24.8 Å². The van der Waals surface area contributed by atoms with Crippen molar-refractivity contribution >= 4 is 16.7 Å². The molecular weight excluding hydrogens is 334 g/mol. The maximum Gasteiger partial charge on any atom is 0.140 e. The zero-order valence-electron chi connectivity index (χ0n) is 15.6. The Morgan fingerprint density at radius 1 is 1.04 bits per heavy atom. The summed E-state index contributed by atoms with van der Waals surface area (Å²) in [6.45, 7) is 1.29. The van der Waals surface area contributed by atoms with Gasteiger partial charge in [-0.3, -0.25) is 9.69 Å². The van der Waals surface area contributed by atoms with Crippen molar-refractivity contribution in [2.45, 2.75) is 31.5 Å². The predicted molar refractivity (Wildman–Crippen MR) is 107 cm³/mol. The molecule has 3 atom stereocenters. The van der Waals surface area contributed by atoms with E-state index in [1.165, 1.54) is 27.7 Å². The monoisotopic (exact) mass is 359 g/mol. The summed E-state index contributed by atoms with van der Waals surface area (Å²) in [5.74, 6) is 0.254. The number of nitrogens with two attached hydrogens (primary N) is 1. The summed E-state index contributed by atoms with van der Waals surface area (Å²) in [5, 5.41) is 1.33. The number of para-hydroxylation sites is 1. The van der Waals surface area contributed by atoms with Crippen LogP contribution in [0.15, 0.2) is 54.6 Å². The number of fused-ring (bicyclic) bond motifs is 6. The van der Waals surface area contributed by atoms with Gasteiger partial charge >= 0.3 is 0 Å².